The molecule has 1 N–H and O–H groups in total. The number of hydrogen-bond acceptors (Lipinski definition) is 5. The Labute approximate surface area is 137 Å². The van der Waals surface area contributed by atoms with E-state index in [4.69, 9.17) is 11.6 Å². The normalized spacial score (nSPS) is 11.7. The van der Waals surface area contributed by atoms with Gasteiger partial charge in [-0.1, -0.05) is 41.1 Å². The summed E-state index contributed by atoms with van der Waals surface area (Å²) < 4.78 is 24.0. The van der Waals surface area contributed by atoms with Gasteiger partial charge in [0.1, 0.15) is 0 Å². The van der Waals surface area contributed by atoms with E-state index in [0.717, 1.165) is 20.9 Å². The standard InChI is InChI=1S/C15H13ClN2O2S2/c1-22(19,20)11-6-7-13-14(8-11)21-15(18-13)17-9-10-4-2-3-5-12(10)16/h2-8H,9H2,1H3,(H,17,18). The summed E-state index contributed by atoms with van der Waals surface area (Å²) in [7, 11) is -3.20. The zero-order valence-corrected chi connectivity index (χ0v) is 14.1. The number of halogens is 1. The largest absolute Gasteiger partial charge is 0.357 e. The number of fused-ring (bicyclic) bond motifs is 1. The van der Waals surface area contributed by atoms with Gasteiger partial charge in [0.15, 0.2) is 15.0 Å². The van der Waals surface area contributed by atoms with Crippen LogP contribution in [0.2, 0.25) is 5.02 Å². The molecule has 0 aliphatic carbocycles. The molecule has 0 aliphatic heterocycles. The lowest BCUT2D eigenvalue weighted by Crippen LogP contribution is -1.99. The van der Waals surface area contributed by atoms with Crippen LogP contribution in [-0.2, 0) is 16.4 Å². The second kappa shape index (κ2) is 5.87. The number of sulfone groups is 1. The number of hydrogen-bond donors (Lipinski definition) is 1. The van der Waals surface area contributed by atoms with E-state index in [0.29, 0.717) is 16.5 Å². The molecule has 0 saturated heterocycles. The molecule has 1 aromatic heterocycles. The minimum atomic E-state index is -3.20. The summed E-state index contributed by atoms with van der Waals surface area (Å²) in [6.07, 6.45) is 1.20. The van der Waals surface area contributed by atoms with Crippen molar-refractivity contribution in [2.24, 2.45) is 0 Å². The van der Waals surface area contributed by atoms with Crippen LogP contribution >= 0.6 is 22.9 Å². The molecule has 4 nitrogen and oxygen atoms in total. The molecule has 3 aromatic rings. The van der Waals surface area contributed by atoms with E-state index in [1.54, 1.807) is 18.2 Å². The van der Waals surface area contributed by atoms with Crippen LogP contribution in [0, 0.1) is 0 Å². The van der Waals surface area contributed by atoms with Crippen LogP contribution in [0.4, 0.5) is 5.13 Å². The smallest absolute Gasteiger partial charge is 0.184 e. The molecule has 7 heteroatoms. The minimum absolute atomic E-state index is 0.307. The van der Waals surface area contributed by atoms with E-state index in [1.165, 1.54) is 17.6 Å². The molecule has 1 heterocycles. The maximum Gasteiger partial charge on any atom is 0.184 e. The molecule has 0 spiro atoms. The first-order chi connectivity index (χ1) is 10.4. The Bertz CT molecular complexity index is 936. The van der Waals surface area contributed by atoms with Crippen molar-refractivity contribution in [3.05, 3.63) is 53.1 Å². The summed E-state index contributed by atoms with van der Waals surface area (Å²) in [5, 5.41) is 4.66. The van der Waals surface area contributed by atoms with Crippen LogP contribution in [0.15, 0.2) is 47.4 Å². The molecule has 2 aromatic carbocycles. The molecular formula is C15H13ClN2O2S2. The van der Waals surface area contributed by atoms with Gasteiger partial charge in [-0.3, -0.25) is 0 Å². The van der Waals surface area contributed by atoms with E-state index in [2.05, 4.69) is 10.3 Å². The van der Waals surface area contributed by atoms with Crippen molar-refractivity contribution in [2.45, 2.75) is 11.4 Å². The molecule has 0 aliphatic rings. The van der Waals surface area contributed by atoms with Gasteiger partial charge in [-0.05, 0) is 29.8 Å². The van der Waals surface area contributed by atoms with E-state index in [-0.39, 0.29) is 0 Å². The lowest BCUT2D eigenvalue weighted by Gasteiger charge is -2.04. The fraction of sp³-hybridized carbons (Fsp3) is 0.133. The topological polar surface area (TPSA) is 59.1 Å². The molecule has 0 unspecified atom stereocenters. The van der Waals surface area contributed by atoms with Gasteiger partial charge < -0.3 is 5.32 Å². The Hall–Kier alpha value is -1.63. The third-order valence-electron chi connectivity index (χ3n) is 3.18. The molecule has 0 radical (unpaired) electrons. The fourth-order valence-corrected chi connectivity index (χ4v) is 3.85. The molecule has 0 atom stereocenters. The molecule has 0 bridgehead atoms. The number of benzene rings is 2. The van der Waals surface area contributed by atoms with Crippen molar-refractivity contribution in [3.8, 4) is 0 Å². The first kappa shape index (κ1) is 15.3. The Balaban J connectivity index is 1.85. The summed E-state index contributed by atoms with van der Waals surface area (Å²) in [5.41, 5.74) is 1.76. The molecule has 0 saturated carbocycles. The number of aromatic nitrogens is 1. The maximum atomic E-state index is 11.6. The van der Waals surface area contributed by atoms with E-state index < -0.39 is 9.84 Å². The summed E-state index contributed by atoms with van der Waals surface area (Å²) in [6.45, 7) is 0.568. The number of thiazole rings is 1. The fourth-order valence-electron chi connectivity index (χ4n) is 2.02. The van der Waals surface area contributed by atoms with Gasteiger partial charge in [0.25, 0.3) is 0 Å². The van der Waals surface area contributed by atoms with Crippen molar-refractivity contribution in [1.82, 2.24) is 4.98 Å². The van der Waals surface area contributed by atoms with Crippen molar-refractivity contribution in [2.75, 3.05) is 11.6 Å². The number of nitrogens with one attached hydrogen (secondary N) is 1. The average molecular weight is 353 g/mol. The molecule has 3 rings (SSSR count). The van der Waals surface area contributed by atoms with Crippen LogP contribution in [-0.4, -0.2) is 19.7 Å². The molecule has 114 valence electrons. The molecular weight excluding hydrogens is 340 g/mol. The van der Waals surface area contributed by atoms with Crippen molar-refractivity contribution >= 4 is 48.1 Å². The highest BCUT2D eigenvalue weighted by Gasteiger charge is 2.10. The highest BCUT2D eigenvalue weighted by atomic mass is 35.5. The van der Waals surface area contributed by atoms with Crippen LogP contribution in [0.1, 0.15) is 5.56 Å². The van der Waals surface area contributed by atoms with Gasteiger partial charge in [-0.2, -0.15) is 0 Å². The first-order valence-electron chi connectivity index (χ1n) is 6.51. The lowest BCUT2D eigenvalue weighted by atomic mass is 10.2. The third kappa shape index (κ3) is 3.24. The quantitative estimate of drug-likeness (QED) is 0.772. The zero-order chi connectivity index (χ0) is 15.7. The van der Waals surface area contributed by atoms with Gasteiger partial charge in [0.05, 0.1) is 15.1 Å². The number of anilines is 1. The Kier molecular flexibility index (Phi) is 4.08. The summed E-state index contributed by atoms with van der Waals surface area (Å²) in [5.74, 6) is 0. The third-order valence-corrected chi connectivity index (χ3v) is 5.63. The van der Waals surface area contributed by atoms with Gasteiger partial charge in [0.2, 0.25) is 0 Å². The van der Waals surface area contributed by atoms with E-state index in [1.807, 2.05) is 24.3 Å². The van der Waals surface area contributed by atoms with Gasteiger partial charge in [0, 0.05) is 17.8 Å². The number of nitrogens with zero attached hydrogens (tertiary/aromatic N) is 1. The summed E-state index contributed by atoms with van der Waals surface area (Å²) >= 11 is 7.54. The average Bonchev–Trinajstić information content (AvgIpc) is 2.87. The lowest BCUT2D eigenvalue weighted by molar-refractivity contribution is 0.602. The Morgan fingerprint density at radius 2 is 2.00 bits per heavy atom. The predicted molar refractivity (Wildman–Crippen MR) is 91.5 cm³/mol. The molecule has 0 fully saturated rings. The van der Waals surface area contributed by atoms with Crippen molar-refractivity contribution in [1.29, 1.82) is 0 Å². The summed E-state index contributed by atoms with van der Waals surface area (Å²) in [4.78, 5) is 4.76. The van der Waals surface area contributed by atoms with Crippen LogP contribution < -0.4 is 5.32 Å². The van der Waals surface area contributed by atoms with Gasteiger partial charge in [-0.25, -0.2) is 13.4 Å². The van der Waals surface area contributed by atoms with Gasteiger partial charge in [-0.15, -0.1) is 0 Å². The first-order valence-corrected chi connectivity index (χ1v) is 9.60. The zero-order valence-electron chi connectivity index (χ0n) is 11.7. The van der Waals surface area contributed by atoms with Crippen LogP contribution in [0.25, 0.3) is 10.2 Å². The van der Waals surface area contributed by atoms with Crippen molar-refractivity contribution < 1.29 is 8.42 Å². The van der Waals surface area contributed by atoms with Gasteiger partial charge >= 0.3 is 0 Å². The number of rotatable bonds is 4. The predicted octanol–water partition coefficient (Wildman–Crippen LogP) is 3.97. The minimum Gasteiger partial charge on any atom is -0.357 e. The molecule has 0 amide bonds. The maximum absolute atomic E-state index is 11.6. The molecule has 22 heavy (non-hydrogen) atoms. The van der Waals surface area contributed by atoms with E-state index in [9.17, 15) is 8.42 Å². The Morgan fingerprint density at radius 1 is 1.23 bits per heavy atom. The monoisotopic (exact) mass is 352 g/mol. The van der Waals surface area contributed by atoms with Crippen LogP contribution in [0.5, 0.6) is 0 Å². The van der Waals surface area contributed by atoms with Crippen LogP contribution in [0.3, 0.4) is 0 Å². The summed E-state index contributed by atoms with van der Waals surface area (Å²) in [6, 6.07) is 12.6. The second-order valence-corrected chi connectivity index (χ2v) is 8.32. The highest BCUT2D eigenvalue weighted by Crippen LogP contribution is 2.28. The Morgan fingerprint density at radius 3 is 2.73 bits per heavy atom. The highest BCUT2D eigenvalue weighted by molar-refractivity contribution is 7.90. The second-order valence-electron chi connectivity index (χ2n) is 4.87. The van der Waals surface area contributed by atoms with Crippen molar-refractivity contribution in [3.63, 3.8) is 0 Å². The SMILES string of the molecule is CS(=O)(=O)c1ccc2nc(NCc3ccccc3Cl)sc2c1. The van der Waals surface area contributed by atoms with E-state index >= 15 is 0 Å².